The van der Waals surface area contributed by atoms with Gasteiger partial charge in [0, 0.05) is 12.6 Å². The van der Waals surface area contributed by atoms with Crippen LogP contribution in [0.1, 0.15) is 68.8 Å². The minimum absolute atomic E-state index is 0.0305. The van der Waals surface area contributed by atoms with Crippen molar-refractivity contribution in [1.29, 1.82) is 0 Å². The topological polar surface area (TPSA) is 73.5 Å². The van der Waals surface area contributed by atoms with Crippen molar-refractivity contribution in [3.8, 4) is 0 Å². The largest absolute Gasteiger partial charge is 0.358 e. The maximum atomic E-state index is 13.7. The van der Waals surface area contributed by atoms with Gasteiger partial charge in [-0.05, 0) is 73.7 Å². The average molecular weight is 593 g/mol. The van der Waals surface area contributed by atoms with Gasteiger partial charge in [0.05, 0.1) is 17.0 Å². The van der Waals surface area contributed by atoms with Gasteiger partial charge in [0.1, 0.15) is 0 Å². The lowest BCUT2D eigenvalue weighted by molar-refractivity contribution is 0.164. The molecule has 0 radical (unpaired) electrons. The van der Waals surface area contributed by atoms with Crippen LogP contribution >= 0.6 is 12.2 Å². The fraction of sp³-hybridized carbons (Fsp3) is 0.424. The van der Waals surface area contributed by atoms with E-state index in [-0.39, 0.29) is 16.4 Å². The van der Waals surface area contributed by atoms with Crippen LogP contribution in [-0.4, -0.2) is 44.1 Å². The van der Waals surface area contributed by atoms with Gasteiger partial charge in [-0.3, -0.25) is 0 Å². The smallest absolute Gasteiger partial charge is 0.241 e. The van der Waals surface area contributed by atoms with E-state index >= 15 is 0 Å². The number of rotatable bonds is 10. The Morgan fingerprint density at radius 2 is 1.34 bits per heavy atom. The van der Waals surface area contributed by atoms with Crippen LogP contribution in [0.5, 0.6) is 0 Å². The molecule has 3 aromatic carbocycles. The standard InChI is InChI=1S/C33H44N4O2S2/c1-25-18-20-28(21-19-25)41(38,39)36-31(27-16-10-6-11-17-27)30(26-14-8-5-9-15-26)35-32(40)34-29(33(2,3)4)24-37-22-12-7-13-23-37/h5-6,8-11,14-21,29-31,36H,7,12-13,22-24H2,1-4H3,(H2,34,35,40)/t29-,30+,31+/m1/s1. The molecule has 220 valence electrons. The van der Waals surface area contributed by atoms with Crippen molar-refractivity contribution in [3.05, 3.63) is 102 Å². The summed E-state index contributed by atoms with van der Waals surface area (Å²) in [6.45, 7) is 11.8. The summed E-state index contributed by atoms with van der Waals surface area (Å²) in [5, 5.41) is 7.65. The SMILES string of the molecule is Cc1ccc(S(=O)(=O)N[C@@H](c2ccccc2)[C@@H](NC(=S)N[C@H](CN2CCCCC2)C(C)(C)C)c2ccccc2)cc1. The van der Waals surface area contributed by atoms with Crippen LogP contribution in [0.3, 0.4) is 0 Å². The molecule has 0 bridgehead atoms. The number of thiocarbonyl (C=S) groups is 1. The summed E-state index contributed by atoms with van der Waals surface area (Å²) >= 11 is 5.94. The molecule has 1 aliphatic heterocycles. The highest BCUT2D eigenvalue weighted by Crippen LogP contribution is 2.31. The Bertz CT molecular complexity index is 1350. The fourth-order valence-electron chi connectivity index (χ4n) is 5.24. The molecule has 0 unspecified atom stereocenters. The van der Waals surface area contributed by atoms with Crippen LogP contribution < -0.4 is 15.4 Å². The lowest BCUT2D eigenvalue weighted by Crippen LogP contribution is -2.55. The van der Waals surface area contributed by atoms with E-state index in [1.54, 1.807) is 12.1 Å². The maximum Gasteiger partial charge on any atom is 0.241 e. The summed E-state index contributed by atoms with van der Waals surface area (Å²) in [4.78, 5) is 2.75. The first-order chi connectivity index (χ1) is 19.5. The Morgan fingerprint density at radius 3 is 1.88 bits per heavy atom. The van der Waals surface area contributed by atoms with E-state index in [1.165, 1.54) is 19.3 Å². The quantitative estimate of drug-likeness (QED) is 0.246. The summed E-state index contributed by atoms with van der Waals surface area (Å²) in [5.41, 5.74) is 2.74. The lowest BCUT2D eigenvalue weighted by atomic mass is 9.86. The third-order valence-corrected chi connectivity index (χ3v) is 9.48. The van der Waals surface area contributed by atoms with E-state index in [0.717, 1.165) is 36.3 Å². The molecule has 1 fully saturated rings. The van der Waals surface area contributed by atoms with Gasteiger partial charge >= 0.3 is 0 Å². The van der Waals surface area contributed by atoms with Crippen molar-refractivity contribution in [2.75, 3.05) is 19.6 Å². The Labute approximate surface area is 252 Å². The Balaban J connectivity index is 1.65. The zero-order chi connectivity index (χ0) is 29.5. The maximum absolute atomic E-state index is 13.7. The molecule has 0 amide bonds. The summed E-state index contributed by atoms with van der Waals surface area (Å²) in [6, 6.07) is 25.5. The second-order valence-electron chi connectivity index (χ2n) is 12.1. The molecular weight excluding hydrogens is 549 g/mol. The van der Waals surface area contributed by atoms with Gasteiger partial charge in [-0.25, -0.2) is 13.1 Å². The lowest BCUT2D eigenvalue weighted by Gasteiger charge is -2.39. The number of benzene rings is 3. The van der Waals surface area contributed by atoms with Gasteiger partial charge in [0.2, 0.25) is 10.0 Å². The first-order valence-electron chi connectivity index (χ1n) is 14.5. The van der Waals surface area contributed by atoms with Crippen molar-refractivity contribution >= 4 is 27.4 Å². The van der Waals surface area contributed by atoms with E-state index in [0.29, 0.717) is 5.11 Å². The number of aryl methyl sites for hydroxylation is 1. The van der Waals surface area contributed by atoms with Gasteiger partial charge in [-0.2, -0.15) is 0 Å². The molecule has 6 nitrogen and oxygen atoms in total. The number of likely N-dealkylation sites (tertiary alicyclic amines) is 1. The molecule has 3 N–H and O–H groups in total. The molecule has 0 aliphatic carbocycles. The zero-order valence-corrected chi connectivity index (χ0v) is 26.3. The molecule has 8 heteroatoms. The predicted octanol–water partition coefficient (Wildman–Crippen LogP) is 6.12. The first kappa shape index (κ1) is 31.2. The highest BCUT2D eigenvalue weighted by molar-refractivity contribution is 7.89. The number of sulfonamides is 1. The highest BCUT2D eigenvalue weighted by atomic mass is 32.2. The van der Waals surface area contributed by atoms with Gasteiger partial charge in [0.15, 0.2) is 5.11 Å². The van der Waals surface area contributed by atoms with Crippen LogP contribution in [0.2, 0.25) is 0 Å². The Hall–Kier alpha value is -2.78. The molecule has 0 spiro atoms. The summed E-state index contributed by atoms with van der Waals surface area (Å²) in [6.07, 6.45) is 3.76. The molecule has 3 aromatic rings. The van der Waals surface area contributed by atoms with E-state index in [2.05, 4.69) is 41.0 Å². The number of hydrogen-bond donors (Lipinski definition) is 3. The van der Waals surface area contributed by atoms with Crippen molar-refractivity contribution < 1.29 is 8.42 Å². The van der Waals surface area contributed by atoms with Gasteiger partial charge in [-0.1, -0.05) is 106 Å². The second-order valence-corrected chi connectivity index (χ2v) is 14.2. The third-order valence-electron chi connectivity index (χ3n) is 7.79. The van der Waals surface area contributed by atoms with E-state index < -0.39 is 22.1 Å². The molecule has 0 saturated carbocycles. The highest BCUT2D eigenvalue weighted by Gasteiger charge is 2.32. The molecular formula is C33H44N4O2S2. The third kappa shape index (κ3) is 8.85. The molecule has 4 rings (SSSR count). The zero-order valence-electron chi connectivity index (χ0n) is 24.6. The number of hydrogen-bond acceptors (Lipinski definition) is 4. The van der Waals surface area contributed by atoms with Crippen LogP contribution in [0.4, 0.5) is 0 Å². The van der Waals surface area contributed by atoms with Crippen LogP contribution in [0.25, 0.3) is 0 Å². The monoisotopic (exact) mass is 592 g/mol. The average Bonchev–Trinajstić information content (AvgIpc) is 2.96. The number of nitrogens with one attached hydrogen (secondary N) is 3. The minimum Gasteiger partial charge on any atom is -0.358 e. The van der Waals surface area contributed by atoms with E-state index in [1.807, 2.05) is 79.7 Å². The molecule has 1 aliphatic rings. The van der Waals surface area contributed by atoms with Gasteiger partial charge < -0.3 is 15.5 Å². The number of nitrogens with zero attached hydrogens (tertiary/aromatic N) is 1. The minimum atomic E-state index is -3.84. The van der Waals surface area contributed by atoms with Crippen molar-refractivity contribution in [2.45, 2.75) is 70.0 Å². The summed E-state index contributed by atoms with van der Waals surface area (Å²) in [5.74, 6) is 0. The van der Waals surface area contributed by atoms with Crippen molar-refractivity contribution in [1.82, 2.24) is 20.3 Å². The normalized spacial score (nSPS) is 16.9. The van der Waals surface area contributed by atoms with Crippen LogP contribution in [0.15, 0.2) is 89.8 Å². The molecule has 1 saturated heterocycles. The van der Waals surface area contributed by atoms with E-state index in [4.69, 9.17) is 12.2 Å². The summed E-state index contributed by atoms with van der Waals surface area (Å²) in [7, 11) is -3.84. The van der Waals surface area contributed by atoms with Gasteiger partial charge in [0.25, 0.3) is 0 Å². The van der Waals surface area contributed by atoms with Crippen molar-refractivity contribution in [3.63, 3.8) is 0 Å². The fourth-order valence-corrected chi connectivity index (χ4v) is 6.74. The van der Waals surface area contributed by atoms with Crippen molar-refractivity contribution in [2.24, 2.45) is 5.41 Å². The Morgan fingerprint density at radius 1 is 0.805 bits per heavy atom. The predicted molar refractivity (Wildman–Crippen MR) is 172 cm³/mol. The second kappa shape index (κ2) is 13.9. The molecule has 0 aromatic heterocycles. The number of piperidine rings is 1. The summed E-state index contributed by atoms with van der Waals surface area (Å²) < 4.78 is 30.4. The van der Waals surface area contributed by atoms with Crippen LogP contribution in [-0.2, 0) is 10.0 Å². The first-order valence-corrected chi connectivity index (χ1v) is 16.4. The molecule has 41 heavy (non-hydrogen) atoms. The van der Waals surface area contributed by atoms with E-state index in [9.17, 15) is 8.42 Å². The molecule has 1 heterocycles. The Kier molecular flexibility index (Phi) is 10.6. The molecule has 3 atom stereocenters. The van der Waals surface area contributed by atoms with Gasteiger partial charge in [-0.15, -0.1) is 0 Å². The van der Waals surface area contributed by atoms with Crippen LogP contribution in [0, 0.1) is 12.3 Å².